The lowest BCUT2D eigenvalue weighted by Crippen LogP contribution is -2.05. The average molecular weight is 265 g/mol. The van der Waals surface area contributed by atoms with E-state index in [-0.39, 0.29) is 0 Å². The van der Waals surface area contributed by atoms with E-state index in [1.54, 1.807) is 6.08 Å². The van der Waals surface area contributed by atoms with Crippen LogP contribution in [0.15, 0.2) is 24.9 Å². The highest BCUT2D eigenvalue weighted by molar-refractivity contribution is 6.32. The Kier molecular flexibility index (Phi) is 3.78. The molecule has 0 aliphatic rings. The van der Waals surface area contributed by atoms with Crippen LogP contribution >= 0.6 is 11.6 Å². The Morgan fingerprint density at radius 1 is 1.56 bits per heavy atom. The molecule has 0 saturated heterocycles. The number of nitrogens with zero attached hydrogens (tertiary/aromatic N) is 3. The van der Waals surface area contributed by atoms with Gasteiger partial charge in [0, 0.05) is 18.3 Å². The monoisotopic (exact) mass is 264 g/mol. The van der Waals surface area contributed by atoms with Gasteiger partial charge in [0.15, 0.2) is 11.6 Å². The van der Waals surface area contributed by atoms with Crippen LogP contribution < -0.4 is 10.6 Å². The summed E-state index contributed by atoms with van der Waals surface area (Å²) in [4.78, 5) is 8.30. The van der Waals surface area contributed by atoms with Crippen LogP contribution in [0.3, 0.4) is 0 Å². The number of nitrogens with one attached hydrogen (secondary N) is 3. The topological polar surface area (TPSA) is 78.5 Å². The molecule has 0 aromatic carbocycles. The smallest absolute Gasteiger partial charge is 0.224 e. The second-order valence-electron chi connectivity index (χ2n) is 3.62. The zero-order chi connectivity index (χ0) is 13.0. The van der Waals surface area contributed by atoms with Crippen molar-refractivity contribution in [2.24, 2.45) is 0 Å². The fourth-order valence-corrected chi connectivity index (χ4v) is 1.45. The first-order valence-corrected chi connectivity index (χ1v) is 5.73. The molecule has 0 unspecified atom stereocenters. The predicted octanol–water partition coefficient (Wildman–Crippen LogP) is 2.50. The molecule has 0 spiro atoms. The van der Waals surface area contributed by atoms with Crippen molar-refractivity contribution in [2.45, 2.75) is 6.92 Å². The van der Waals surface area contributed by atoms with E-state index in [4.69, 9.17) is 11.6 Å². The standard InChI is InChI=1S/C11H13ClN6/c1-3-4-13-11-14-6-8(12)10(16-11)15-9-5-7(2)17-18-9/h3,5-6H,1,4H2,2H3,(H3,13,14,15,16,17,18). The largest absolute Gasteiger partial charge is 0.351 e. The first-order chi connectivity index (χ1) is 8.69. The molecule has 94 valence electrons. The number of aromatic nitrogens is 4. The minimum absolute atomic E-state index is 0.430. The number of rotatable bonds is 5. The Hall–Kier alpha value is -2.08. The van der Waals surface area contributed by atoms with Crippen molar-refractivity contribution in [1.82, 2.24) is 20.2 Å². The second kappa shape index (κ2) is 5.50. The molecule has 0 aliphatic heterocycles. The average Bonchev–Trinajstić information content (AvgIpc) is 2.76. The van der Waals surface area contributed by atoms with E-state index in [0.717, 1.165) is 5.69 Å². The fourth-order valence-electron chi connectivity index (χ4n) is 1.31. The Morgan fingerprint density at radius 2 is 2.39 bits per heavy atom. The first-order valence-electron chi connectivity index (χ1n) is 5.35. The summed E-state index contributed by atoms with van der Waals surface area (Å²) in [5, 5.41) is 13.3. The molecule has 0 aliphatic carbocycles. The summed E-state index contributed by atoms with van der Waals surface area (Å²) in [6.45, 7) is 6.11. The van der Waals surface area contributed by atoms with Gasteiger partial charge in [0.25, 0.3) is 0 Å². The van der Waals surface area contributed by atoms with Crippen molar-refractivity contribution in [3.63, 3.8) is 0 Å². The van der Waals surface area contributed by atoms with Crippen LogP contribution in [0.1, 0.15) is 5.69 Å². The fraction of sp³-hybridized carbons (Fsp3) is 0.182. The highest BCUT2D eigenvalue weighted by Gasteiger charge is 2.07. The molecule has 2 heterocycles. The highest BCUT2D eigenvalue weighted by Crippen LogP contribution is 2.22. The third-order valence-electron chi connectivity index (χ3n) is 2.10. The van der Waals surface area contributed by atoms with E-state index in [1.807, 2.05) is 13.0 Å². The normalized spacial score (nSPS) is 10.1. The number of hydrogen-bond acceptors (Lipinski definition) is 5. The van der Waals surface area contributed by atoms with Crippen molar-refractivity contribution in [3.8, 4) is 0 Å². The van der Waals surface area contributed by atoms with Gasteiger partial charge in [0.2, 0.25) is 5.95 Å². The van der Waals surface area contributed by atoms with E-state index in [9.17, 15) is 0 Å². The molecule has 18 heavy (non-hydrogen) atoms. The first kappa shape index (κ1) is 12.4. The van der Waals surface area contributed by atoms with Crippen LogP contribution in [0, 0.1) is 6.92 Å². The highest BCUT2D eigenvalue weighted by atomic mass is 35.5. The van der Waals surface area contributed by atoms with Gasteiger partial charge in [0.05, 0.1) is 6.20 Å². The maximum atomic E-state index is 6.01. The van der Waals surface area contributed by atoms with E-state index in [2.05, 4.69) is 37.4 Å². The third-order valence-corrected chi connectivity index (χ3v) is 2.38. The van der Waals surface area contributed by atoms with Crippen molar-refractivity contribution < 1.29 is 0 Å². The molecule has 2 rings (SSSR count). The molecule has 0 saturated carbocycles. The molecule has 2 aromatic heterocycles. The van der Waals surface area contributed by atoms with Gasteiger partial charge in [-0.2, -0.15) is 10.1 Å². The van der Waals surface area contributed by atoms with E-state index in [1.165, 1.54) is 6.20 Å². The van der Waals surface area contributed by atoms with Crippen molar-refractivity contribution >= 4 is 29.2 Å². The number of H-pyrrole nitrogens is 1. The Morgan fingerprint density at radius 3 is 3.06 bits per heavy atom. The Balaban J connectivity index is 2.18. The number of halogens is 1. The SMILES string of the molecule is C=CCNc1ncc(Cl)c(Nc2cc(C)[nH]n2)n1. The van der Waals surface area contributed by atoms with Crippen molar-refractivity contribution in [3.05, 3.63) is 35.6 Å². The molecular formula is C11H13ClN6. The summed E-state index contributed by atoms with van der Waals surface area (Å²) in [5.74, 6) is 1.64. The lowest BCUT2D eigenvalue weighted by Gasteiger charge is -2.07. The molecule has 0 fully saturated rings. The van der Waals surface area contributed by atoms with Gasteiger partial charge in [-0.15, -0.1) is 6.58 Å². The summed E-state index contributed by atoms with van der Waals surface area (Å²) in [6.07, 6.45) is 3.25. The molecule has 0 bridgehead atoms. The molecule has 6 nitrogen and oxygen atoms in total. The van der Waals surface area contributed by atoms with E-state index >= 15 is 0 Å². The maximum absolute atomic E-state index is 6.01. The maximum Gasteiger partial charge on any atom is 0.224 e. The molecule has 0 atom stereocenters. The molecule has 0 radical (unpaired) electrons. The van der Waals surface area contributed by atoms with Gasteiger partial charge < -0.3 is 10.6 Å². The minimum Gasteiger partial charge on any atom is -0.351 e. The molecular weight excluding hydrogens is 252 g/mol. The number of aryl methyl sites for hydroxylation is 1. The Bertz CT molecular complexity index is 550. The Labute approximate surface area is 109 Å². The molecule has 7 heteroatoms. The number of hydrogen-bond donors (Lipinski definition) is 3. The lowest BCUT2D eigenvalue weighted by atomic mass is 10.4. The summed E-state index contributed by atoms with van der Waals surface area (Å²) in [5.41, 5.74) is 0.952. The van der Waals surface area contributed by atoms with Crippen LogP contribution in [0.4, 0.5) is 17.6 Å². The zero-order valence-electron chi connectivity index (χ0n) is 9.87. The van der Waals surface area contributed by atoms with Gasteiger partial charge in [-0.25, -0.2) is 4.98 Å². The minimum atomic E-state index is 0.430. The van der Waals surface area contributed by atoms with Crippen LogP contribution in [0.5, 0.6) is 0 Å². The predicted molar refractivity (Wildman–Crippen MR) is 72.3 cm³/mol. The van der Waals surface area contributed by atoms with E-state index < -0.39 is 0 Å². The number of anilines is 3. The number of aromatic amines is 1. The lowest BCUT2D eigenvalue weighted by molar-refractivity contribution is 1.04. The van der Waals surface area contributed by atoms with Crippen molar-refractivity contribution in [1.29, 1.82) is 0 Å². The van der Waals surface area contributed by atoms with Gasteiger partial charge in [0.1, 0.15) is 5.02 Å². The zero-order valence-corrected chi connectivity index (χ0v) is 10.6. The quantitative estimate of drug-likeness (QED) is 0.723. The van der Waals surface area contributed by atoms with Gasteiger partial charge in [-0.1, -0.05) is 17.7 Å². The second-order valence-corrected chi connectivity index (χ2v) is 4.03. The third kappa shape index (κ3) is 2.98. The molecule has 2 aromatic rings. The van der Waals surface area contributed by atoms with E-state index in [0.29, 0.717) is 29.2 Å². The van der Waals surface area contributed by atoms with Gasteiger partial charge in [-0.05, 0) is 6.92 Å². The van der Waals surface area contributed by atoms with Crippen LogP contribution in [-0.2, 0) is 0 Å². The summed E-state index contributed by atoms with van der Waals surface area (Å²) >= 11 is 6.01. The molecule has 0 amide bonds. The van der Waals surface area contributed by atoms with Gasteiger partial charge >= 0.3 is 0 Å². The van der Waals surface area contributed by atoms with Crippen LogP contribution in [0.2, 0.25) is 5.02 Å². The summed E-state index contributed by atoms with van der Waals surface area (Å²) in [6, 6.07) is 1.86. The van der Waals surface area contributed by atoms with Crippen molar-refractivity contribution in [2.75, 3.05) is 17.2 Å². The molecule has 3 N–H and O–H groups in total. The summed E-state index contributed by atoms with van der Waals surface area (Å²) in [7, 11) is 0. The van der Waals surface area contributed by atoms with Gasteiger partial charge in [-0.3, -0.25) is 5.10 Å². The van der Waals surface area contributed by atoms with Crippen LogP contribution in [-0.4, -0.2) is 26.7 Å². The summed E-state index contributed by atoms with van der Waals surface area (Å²) < 4.78 is 0. The van der Waals surface area contributed by atoms with Crippen LogP contribution in [0.25, 0.3) is 0 Å².